The molecule has 2 N–H and O–H groups in total. The van der Waals surface area contributed by atoms with Crippen LogP contribution in [0, 0.1) is 6.92 Å². The molecule has 0 saturated carbocycles. The molecule has 0 aliphatic rings. The fourth-order valence-corrected chi connectivity index (χ4v) is 1.77. The lowest BCUT2D eigenvalue weighted by molar-refractivity contribution is 0.0775. The van der Waals surface area contributed by atoms with E-state index in [2.05, 4.69) is 0 Å². The van der Waals surface area contributed by atoms with Crippen molar-refractivity contribution in [3.05, 3.63) is 53.5 Å². The molecule has 0 saturated heterocycles. The summed E-state index contributed by atoms with van der Waals surface area (Å²) in [5, 5.41) is 0. The molecule has 4 nitrogen and oxygen atoms in total. The van der Waals surface area contributed by atoms with Gasteiger partial charge in [-0.05, 0) is 30.7 Å². The molecular weight excluding hydrogens is 242 g/mol. The lowest BCUT2D eigenvalue weighted by Crippen LogP contribution is -2.06. The maximum absolute atomic E-state index is 5.55. The van der Waals surface area contributed by atoms with Gasteiger partial charge in [-0.25, -0.2) is 0 Å². The Labute approximate surface area is 113 Å². The normalized spacial score (nSPS) is 10.6. The Morgan fingerprint density at radius 3 is 2.63 bits per heavy atom. The molecule has 0 bridgehead atoms. The van der Waals surface area contributed by atoms with E-state index in [4.69, 9.17) is 19.6 Å². The molecule has 0 unspecified atom stereocenters. The third-order valence-corrected chi connectivity index (χ3v) is 2.74. The average Bonchev–Trinajstić information content (AvgIpc) is 2.80. The van der Waals surface area contributed by atoms with Gasteiger partial charge in [-0.1, -0.05) is 18.2 Å². The van der Waals surface area contributed by atoms with Crippen molar-refractivity contribution in [3.63, 3.8) is 0 Å². The number of ether oxygens (including phenoxy) is 2. The Morgan fingerprint density at radius 1 is 1.16 bits per heavy atom. The van der Waals surface area contributed by atoms with Crippen molar-refractivity contribution in [3.8, 4) is 5.75 Å². The van der Waals surface area contributed by atoms with Gasteiger partial charge in [0.2, 0.25) is 0 Å². The van der Waals surface area contributed by atoms with Gasteiger partial charge in [0.15, 0.2) is 0 Å². The molecule has 19 heavy (non-hydrogen) atoms. The van der Waals surface area contributed by atoms with Crippen LogP contribution in [0.1, 0.15) is 17.1 Å². The smallest absolute Gasteiger partial charge is 0.130 e. The summed E-state index contributed by atoms with van der Waals surface area (Å²) in [5.74, 6) is 2.47. The van der Waals surface area contributed by atoms with Gasteiger partial charge < -0.3 is 19.6 Å². The maximum Gasteiger partial charge on any atom is 0.130 e. The number of hydrogen-bond donors (Lipinski definition) is 1. The summed E-state index contributed by atoms with van der Waals surface area (Å²) in [4.78, 5) is 0. The van der Waals surface area contributed by atoms with Gasteiger partial charge in [-0.2, -0.15) is 0 Å². The number of aryl methyl sites for hydroxylation is 1. The number of hydrogen-bond acceptors (Lipinski definition) is 4. The summed E-state index contributed by atoms with van der Waals surface area (Å²) in [6.07, 6.45) is 0. The van der Waals surface area contributed by atoms with Crippen LogP contribution in [-0.2, 0) is 17.9 Å². The first-order valence-electron chi connectivity index (χ1n) is 6.33. The SMILES string of the molecule is Cc1cc(COCCOc2ccccc2)oc1CN. The molecule has 0 aliphatic heterocycles. The van der Waals surface area contributed by atoms with Gasteiger partial charge in [0.05, 0.1) is 13.2 Å². The zero-order valence-corrected chi connectivity index (χ0v) is 11.1. The van der Waals surface area contributed by atoms with Crippen LogP contribution >= 0.6 is 0 Å². The first-order valence-corrected chi connectivity index (χ1v) is 6.33. The third kappa shape index (κ3) is 4.12. The summed E-state index contributed by atoms with van der Waals surface area (Å²) in [5.41, 5.74) is 6.62. The van der Waals surface area contributed by atoms with Crippen LogP contribution in [0.4, 0.5) is 0 Å². The molecule has 2 aromatic rings. The Balaban J connectivity index is 1.66. The Hall–Kier alpha value is -1.78. The zero-order valence-electron chi connectivity index (χ0n) is 11.1. The standard InChI is InChI=1S/C15H19NO3/c1-12-9-14(19-15(12)10-16)11-17-7-8-18-13-5-3-2-4-6-13/h2-6,9H,7-8,10-11,16H2,1H3. The highest BCUT2D eigenvalue weighted by Crippen LogP contribution is 2.14. The first-order chi connectivity index (χ1) is 9.29. The Bertz CT molecular complexity index is 493. The molecule has 0 fully saturated rings. The van der Waals surface area contributed by atoms with E-state index in [0.717, 1.165) is 22.8 Å². The van der Waals surface area contributed by atoms with Crippen molar-refractivity contribution in [1.29, 1.82) is 0 Å². The van der Waals surface area contributed by atoms with Crippen molar-refractivity contribution in [1.82, 2.24) is 0 Å². The van der Waals surface area contributed by atoms with Gasteiger partial charge in [0, 0.05) is 0 Å². The molecule has 1 heterocycles. The van der Waals surface area contributed by atoms with E-state index in [1.807, 2.05) is 43.3 Å². The quantitative estimate of drug-likeness (QED) is 0.778. The summed E-state index contributed by atoms with van der Waals surface area (Å²) in [6.45, 7) is 3.88. The highest BCUT2D eigenvalue weighted by atomic mass is 16.5. The maximum atomic E-state index is 5.55. The largest absolute Gasteiger partial charge is 0.491 e. The van der Waals surface area contributed by atoms with Crippen LogP contribution < -0.4 is 10.5 Å². The topological polar surface area (TPSA) is 57.6 Å². The van der Waals surface area contributed by atoms with Crippen LogP contribution in [0.5, 0.6) is 5.75 Å². The van der Waals surface area contributed by atoms with Crippen molar-refractivity contribution in [2.45, 2.75) is 20.1 Å². The van der Waals surface area contributed by atoms with Crippen LogP contribution in [0.25, 0.3) is 0 Å². The first kappa shape index (κ1) is 13.6. The molecule has 1 aromatic heterocycles. The molecule has 0 radical (unpaired) electrons. The number of para-hydroxylation sites is 1. The second-order valence-electron chi connectivity index (χ2n) is 4.24. The predicted molar refractivity (Wildman–Crippen MR) is 72.9 cm³/mol. The number of benzene rings is 1. The van der Waals surface area contributed by atoms with Crippen molar-refractivity contribution in [2.75, 3.05) is 13.2 Å². The van der Waals surface area contributed by atoms with Crippen LogP contribution in [0.3, 0.4) is 0 Å². The molecule has 4 heteroatoms. The van der Waals surface area contributed by atoms with Gasteiger partial charge in [0.1, 0.15) is 30.5 Å². The molecule has 0 aliphatic carbocycles. The predicted octanol–water partition coefficient (Wildman–Crippen LogP) is 2.64. The fourth-order valence-electron chi connectivity index (χ4n) is 1.77. The van der Waals surface area contributed by atoms with Crippen molar-refractivity contribution in [2.24, 2.45) is 5.73 Å². The summed E-state index contributed by atoms with van der Waals surface area (Å²) in [7, 11) is 0. The number of rotatable bonds is 7. The van der Waals surface area contributed by atoms with E-state index >= 15 is 0 Å². The minimum atomic E-state index is 0.420. The Morgan fingerprint density at radius 2 is 1.95 bits per heavy atom. The summed E-state index contributed by atoms with van der Waals surface area (Å²) < 4.78 is 16.6. The van der Waals surface area contributed by atoms with E-state index in [-0.39, 0.29) is 0 Å². The van der Waals surface area contributed by atoms with E-state index in [0.29, 0.717) is 26.4 Å². The van der Waals surface area contributed by atoms with Crippen molar-refractivity contribution >= 4 is 0 Å². The molecule has 102 valence electrons. The lowest BCUT2D eigenvalue weighted by atomic mass is 10.3. The highest BCUT2D eigenvalue weighted by molar-refractivity contribution is 5.21. The summed E-state index contributed by atoms with van der Waals surface area (Å²) >= 11 is 0. The molecule has 2 rings (SSSR count). The van der Waals surface area contributed by atoms with Gasteiger partial charge in [0.25, 0.3) is 0 Å². The monoisotopic (exact) mass is 261 g/mol. The molecule has 0 spiro atoms. The number of furan rings is 1. The zero-order chi connectivity index (χ0) is 13.5. The molecule has 1 aromatic carbocycles. The molecular formula is C15H19NO3. The van der Waals surface area contributed by atoms with Crippen LogP contribution in [-0.4, -0.2) is 13.2 Å². The lowest BCUT2D eigenvalue weighted by Gasteiger charge is -2.05. The van der Waals surface area contributed by atoms with Crippen molar-refractivity contribution < 1.29 is 13.9 Å². The van der Waals surface area contributed by atoms with Gasteiger partial charge in [-0.3, -0.25) is 0 Å². The third-order valence-electron chi connectivity index (χ3n) is 2.74. The second-order valence-corrected chi connectivity index (χ2v) is 4.24. The van der Waals surface area contributed by atoms with E-state index in [9.17, 15) is 0 Å². The van der Waals surface area contributed by atoms with E-state index in [1.165, 1.54) is 0 Å². The minimum Gasteiger partial charge on any atom is -0.491 e. The molecule has 0 atom stereocenters. The Kier molecular flexibility index (Phi) is 5.01. The van der Waals surface area contributed by atoms with Crippen LogP contribution in [0.15, 0.2) is 40.8 Å². The highest BCUT2D eigenvalue weighted by Gasteiger charge is 2.05. The number of nitrogens with two attached hydrogens (primary N) is 1. The molecule has 0 amide bonds. The fraction of sp³-hybridized carbons (Fsp3) is 0.333. The van der Waals surface area contributed by atoms with Crippen LogP contribution in [0.2, 0.25) is 0 Å². The minimum absolute atomic E-state index is 0.420. The van der Waals surface area contributed by atoms with E-state index < -0.39 is 0 Å². The van der Waals surface area contributed by atoms with Gasteiger partial charge >= 0.3 is 0 Å². The van der Waals surface area contributed by atoms with E-state index in [1.54, 1.807) is 0 Å². The summed E-state index contributed by atoms with van der Waals surface area (Å²) in [6, 6.07) is 11.6. The van der Waals surface area contributed by atoms with Gasteiger partial charge in [-0.15, -0.1) is 0 Å². The second kappa shape index (κ2) is 6.97. The average molecular weight is 261 g/mol.